The van der Waals surface area contributed by atoms with E-state index in [1.807, 2.05) is 97.1 Å². The predicted molar refractivity (Wildman–Crippen MR) is 200 cm³/mol. The van der Waals surface area contributed by atoms with Gasteiger partial charge in [0.05, 0.1) is 32.0 Å². The third-order valence-corrected chi connectivity index (χ3v) is 10.5. The summed E-state index contributed by atoms with van der Waals surface area (Å²) in [7, 11) is 0. The summed E-state index contributed by atoms with van der Waals surface area (Å²) in [6.45, 7) is 3.87. The Labute approximate surface area is 323 Å². The fourth-order valence-electron chi connectivity index (χ4n) is 7.27. The second kappa shape index (κ2) is 16.1. The van der Waals surface area contributed by atoms with Gasteiger partial charge in [0.25, 0.3) is 0 Å². The Morgan fingerprint density at radius 3 is 1.75 bits per heavy atom. The van der Waals surface area contributed by atoms with Gasteiger partial charge in [0.15, 0.2) is 5.60 Å². The van der Waals surface area contributed by atoms with E-state index < -0.39 is 41.7 Å². The van der Waals surface area contributed by atoms with Crippen LogP contribution in [0.5, 0.6) is 5.75 Å². The van der Waals surface area contributed by atoms with E-state index in [0.29, 0.717) is 21.7 Å². The molecule has 2 saturated heterocycles. The fraction of sp³-hybridized carbons (Fsp3) is 0.318. The lowest BCUT2D eigenvalue weighted by Gasteiger charge is -2.54. The molecule has 0 unspecified atom stereocenters. The monoisotopic (exact) mass is 774 g/mol. The Hall–Kier alpha value is -4.26. The summed E-state index contributed by atoms with van der Waals surface area (Å²) in [6, 6.07) is 40.2. The van der Waals surface area contributed by atoms with Crippen molar-refractivity contribution in [1.29, 1.82) is 0 Å². The van der Waals surface area contributed by atoms with Crippen molar-refractivity contribution in [3.63, 3.8) is 0 Å². The minimum atomic E-state index is -4.80. The molecule has 2 aliphatic rings. The molecule has 0 saturated carbocycles. The molecule has 5 aromatic rings. The van der Waals surface area contributed by atoms with Crippen molar-refractivity contribution in [1.82, 2.24) is 0 Å². The molecule has 0 aromatic heterocycles. The van der Waals surface area contributed by atoms with E-state index in [4.69, 9.17) is 35.3 Å². The van der Waals surface area contributed by atoms with Crippen LogP contribution in [0.25, 0.3) is 0 Å². The van der Waals surface area contributed by atoms with Gasteiger partial charge in [0.2, 0.25) is 5.79 Å². The van der Waals surface area contributed by atoms with Gasteiger partial charge < -0.3 is 33.5 Å². The van der Waals surface area contributed by atoms with E-state index in [1.165, 1.54) is 12.1 Å². The summed E-state index contributed by atoms with van der Waals surface area (Å²) in [5, 5.41) is 12.5. The molecule has 11 heteroatoms. The normalized spacial score (nSPS) is 23.8. The minimum absolute atomic E-state index is 0.0645. The van der Waals surface area contributed by atoms with Crippen molar-refractivity contribution in [3.05, 3.63) is 172 Å². The number of hydrogen-bond donors (Lipinski definition) is 1. The van der Waals surface area contributed by atoms with Gasteiger partial charge in [0.1, 0.15) is 24.1 Å². The van der Waals surface area contributed by atoms with Crippen LogP contribution >= 0.6 is 11.6 Å². The molecule has 2 heterocycles. The molecule has 0 radical (unpaired) electrons. The van der Waals surface area contributed by atoms with E-state index in [2.05, 4.69) is 4.74 Å². The third kappa shape index (κ3) is 8.61. The highest BCUT2D eigenvalue weighted by molar-refractivity contribution is 6.31. The highest BCUT2D eigenvalue weighted by Gasteiger charge is 2.73. The Bertz CT molecular complexity index is 2010. The van der Waals surface area contributed by atoms with Gasteiger partial charge in [-0.25, -0.2) is 0 Å². The lowest BCUT2D eigenvalue weighted by Crippen LogP contribution is -2.72. The Morgan fingerprint density at radius 1 is 0.691 bits per heavy atom. The number of aliphatic hydroxyl groups is 1. The number of rotatable bonds is 14. The van der Waals surface area contributed by atoms with Gasteiger partial charge in [-0.3, -0.25) is 0 Å². The predicted octanol–water partition coefficient (Wildman–Crippen LogP) is 9.31. The zero-order valence-corrected chi connectivity index (χ0v) is 31.1. The molecular formula is C44H42ClF3O7. The van der Waals surface area contributed by atoms with Crippen molar-refractivity contribution in [3.8, 4) is 5.75 Å². The van der Waals surface area contributed by atoms with Crippen LogP contribution < -0.4 is 4.74 Å². The molecule has 2 aliphatic heterocycles. The van der Waals surface area contributed by atoms with E-state index in [-0.39, 0.29) is 38.6 Å². The van der Waals surface area contributed by atoms with Gasteiger partial charge >= 0.3 is 6.36 Å². The second-order valence-electron chi connectivity index (χ2n) is 14.4. The van der Waals surface area contributed by atoms with Crippen molar-refractivity contribution in [2.75, 3.05) is 6.61 Å². The Kier molecular flexibility index (Phi) is 11.4. The Balaban J connectivity index is 1.31. The molecule has 5 atom stereocenters. The number of hydrogen-bond acceptors (Lipinski definition) is 7. The van der Waals surface area contributed by atoms with Gasteiger partial charge in [0, 0.05) is 10.6 Å². The molecule has 5 aromatic carbocycles. The first-order valence-electron chi connectivity index (χ1n) is 18.0. The third-order valence-electron chi connectivity index (χ3n) is 10.1. The maximum absolute atomic E-state index is 12.8. The maximum atomic E-state index is 12.8. The average Bonchev–Trinajstić information content (AvgIpc) is 3.54. The molecule has 7 rings (SSSR count). The zero-order valence-electron chi connectivity index (χ0n) is 30.4. The fourth-order valence-corrected chi connectivity index (χ4v) is 7.46. The van der Waals surface area contributed by atoms with Crippen molar-refractivity contribution in [2.45, 2.75) is 81.8 Å². The maximum Gasteiger partial charge on any atom is 0.573 e. The zero-order chi connectivity index (χ0) is 38.7. The minimum Gasteiger partial charge on any atom is -0.406 e. The first kappa shape index (κ1) is 39.0. The SMILES string of the molecule is CC(C)(O)[C@@]12CO[C@@](c3ccc(Cl)c(Cc4ccc(OC(F)(F)F)cc4)c3)(O1)[C@H](OCc1ccccc1)[C@@H](OCc1ccccc1)[C@@H]2OCc1ccccc1. The van der Waals surface area contributed by atoms with Crippen LogP contribution in [0.1, 0.15) is 47.2 Å². The molecule has 7 nitrogen and oxygen atoms in total. The van der Waals surface area contributed by atoms with Crippen LogP contribution in [0.4, 0.5) is 13.2 Å². The summed E-state index contributed by atoms with van der Waals surface area (Å²) in [4.78, 5) is 0. The molecule has 2 bridgehead atoms. The first-order valence-corrected chi connectivity index (χ1v) is 18.4. The number of fused-ring (bicyclic) bond motifs is 2. The molecule has 55 heavy (non-hydrogen) atoms. The average molecular weight is 775 g/mol. The highest BCUT2D eigenvalue weighted by Crippen LogP contribution is 2.56. The molecule has 1 N–H and O–H groups in total. The van der Waals surface area contributed by atoms with Gasteiger partial charge in [-0.15, -0.1) is 13.2 Å². The molecule has 0 aliphatic carbocycles. The van der Waals surface area contributed by atoms with Gasteiger partial charge in [-0.05, 0) is 72.4 Å². The standard InChI is InChI=1S/C44H42ClF3O7/c1-41(2,49)42-29-53-43(55-42,35-20-23-37(45)34(25-35)24-30-18-21-36(22-19-30)54-44(46,47)48)40(52-28-33-16-10-5-11-17-33)38(50-26-31-12-6-3-7-13-31)39(42)51-27-32-14-8-4-9-15-32/h3-23,25,38-40,49H,24,26-29H2,1-2H3/t38-,39-,40+,42-,43-/m0/s1. The van der Waals surface area contributed by atoms with Crippen LogP contribution in [0.2, 0.25) is 5.02 Å². The summed E-state index contributed by atoms with van der Waals surface area (Å²) in [5.74, 6) is -1.94. The van der Waals surface area contributed by atoms with Crippen LogP contribution in [-0.2, 0) is 55.7 Å². The van der Waals surface area contributed by atoms with Gasteiger partial charge in [-0.2, -0.15) is 0 Å². The lowest BCUT2D eigenvalue weighted by molar-refractivity contribution is -0.369. The topological polar surface area (TPSA) is 75.6 Å². The van der Waals surface area contributed by atoms with Crippen LogP contribution in [0.3, 0.4) is 0 Å². The molecule has 0 amide bonds. The van der Waals surface area contributed by atoms with Crippen LogP contribution in [0.15, 0.2) is 133 Å². The van der Waals surface area contributed by atoms with Crippen molar-refractivity contribution in [2.24, 2.45) is 0 Å². The van der Waals surface area contributed by atoms with Gasteiger partial charge in [-0.1, -0.05) is 121 Å². The lowest BCUT2D eigenvalue weighted by atomic mass is 9.74. The summed E-state index contributed by atoms with van der Waals surface area (Å²) in [6.07, 6.45) is -7.18. The van der Waals surface area contributed by atoms with E-state index in [9.17, 15) is 18.3 Å². The second-order valence-corrected chi connectivity index (χ2v) is 14.8. The highest BCUT2D eigenvalue weighted by atomic mass is 35.5. The smallest absolute Gasteiger partial charge is 0.406 e. The number of ether oxygens (including phenoxy) is 6. The molecular weight excluding hydrogens is 733 g/mol. The number of alkyl halides is 3. The largest absolute Gasteiger partial charge is 0.573 e. The van der Waals surface area contributed by atoms with E-state index >= 15 is 0 Å². The van der Waals surface area contributed by atoms with Crippen LogP contribution in [0, 0.1) is 0 Å². The van der Waals surface area contributed by atoms with Crippen molar-refractivity contribution >= 4 is 11.6 Å². The van der Waals surface area contributed by atoms with Crippen LogP contribution in [-0.4, -0.2) is 47.6 Å². The number of halogens is 4. The number of benzene rings is 5. The summed E-state index contributed by atoms with van der Waals surface area (Å²) in [5.41, 5.74) is 1.73. The Morgan fingerprint density at radius 2 is 1.22 bits per heavy atom. The molecule has 0 spiro atoms. The van der Waals surface area contributed by atoms with E-state index in [0.717, 1.165) is 16.7 Å². The van der Waals surface area contributed by atoms with Crippen molar-refractivity contribution < 1.29 is 46.7 Å². The quantitative estimate of drug-likeness (QED) is 0.121. The molecule has 2 fully saturated rings. The summed E-state index contributed by atoms with van der Waals surface area (Å²) < 4.78 is 77.0. The molecule has 288 valence electrons. The first-order chi connectivity index (χ1) is 26.4. The van der Waals surface area contributed by atoms with E-state index in [1.54, 1.807) is 38.1 Å². The summed E-state index contributed by atoms with van der Waals surface area (Å²) >= 11 is 6.78.